The van der Waals surface area contributed by atoms with Crippen molar-refractivity contribution in [3.8, 4) is 0 Å². The van der Waals surface area contributed by atoms with Crippen molar-refractivity contribution in [3.63, 3.8) is 0 Å². The van der Waals surface area contributed by atoms with Crippen LogP contribution in [0.4, 0.5) is 0 Å². The first-order chi connectivity index (χ1) is 11.9. The largest absolute Gasteiger partial charge is 0.361 e. The maximum atomic E-state index is 12.4. The topological polar surface area (TPSA) is 44.9 Å². The Morgan fingerprint density at radius 2 is 1.76 bits per heavy atom. The van der Waals surface area contributed by atoms with Gasteiger partial charge < -0.3 is 10.3 Å². The van der Waals surface area contributed by atoms with Gasteiger partial charge in [-0.2, -0.15) is 0 Å². The second kappa shape index (κ2) is 6.93. The van der Waals surface area contributed by atoms with E-state index >= 15 is 0 Å². The highest BCUT2D eigenvalue weighted by molar-refractivity contribution is 6.31. The molecular weight excluding hydrogens is 332 g/mol. The van der Waals surface area contributed by atoms with Crippen LogP contribution in [0.1, 0.15) is 37.8 Å². The number of hydrogen-bond acceptors (Lipinski definition) is 1. The van der Waals surface area contributed by atoms with Gasteiger partial charge in [-0.25, -0.2) is 0 Å². The Balaban J connectivity index is 2.01. The van der Waals surface area contributed by atoms with Crippen molar-refractivity contribution < 1.29 is 4.79 Å². The highest BCUT2D eigenvalue weighted by Gasteiger charge is 2.25. The monoisotopic (exact) mass is 354 g/mol. The van der Waals surface area contributed by atoms with Crippen molar-refractivity contribution in [3.05, 3.63) is 70.9 Å². The number of aromatic nitrogens is 1. The number of aromatic amines is 1. The Bertz CT molecular complexity index is 892. The Kier molecular flexibility index (Phi) is 4.87. The van der Waals surface area contributed by atoms with Crippen LogP contribution in [0, 0.1) is 5.41 Å². The van der Waals surface area contributed by atoms with E-state index in [1.807, 2.05) is 63.4 Å². The summed E-state index contributed by atoms with van der Waals surface area (Å²) in [6.45, 7) is 6.25. The maximum Gasteiger partial charge on any atom is 0.225 e. The van der Waals surface area contributed by atoms with Gasteiger partial charge in [0.05, 0.1) is 0 Å². The predicted octanol–water partition coefficient (Wildman–Crippen LogP) is 5.12. The fourth-order valence-corrected chi connectivity index (χ4v) is 3.25. The fraction of sp³-hybridized carbons (Fsp3) is 0.286. The first-order valence-electron chi connectivity index (χ1n) is 8.46. The molecule has 1 aromatic heterocycles. The van der Waals surface area contributed by atoms with Crippen LogP contribution in [0.25, 0.3) is 10.9 Å². The molecule has 0 spiro atoms. The molecule has 0 saturated heterocycles. The minimum atomic E-state index is -0.425. The summed E-state index contributed by atoms with van der Waals surface area (Å²) < 4.78 is 0. The molecule has 3 aromatic rings. The predicted molar refractivity (Wildman–Crippen MR) is 104 cm³/mol. The molecule has 4 heteroatoms. The van der Waals surface area contributed by atoms with Crippen LogP contribution in [0.15, 0.2) is 54.7 Å². The van der Waals surface area contributed by atoms with Crippen molar-refractivity contribution in [2.45, 2.75) is 26.7 Å². The van der Waals surface area contributed by atoms with Crippen molar-refractivity contribution in [2.24, 2.45) is 5.41 Å². The van der Waals surface area contributed by atoms with Crippen LogP contribution in [0.5, 0.6) is 0 Å². The van der Waals surface area contributed by atoms with Crippen LogP contribution in [0.2, 0.25) is 5.02 Å². The zero-order valence-corrected chi connectivity index (χ0v) is 15.5. The minimum absolute atomic E-state index is 0.0175. The third-order valence-corrected chi connectivity index (χ3v) is 4.77. The van der Waals surface area contributed by atoms with E-state index in [2.05, 4.69) is 22.4 Å². The molecule has 0 aliphatic rings. The molecule has 0 fully saturated rings. The van der Waals surface area contributed by atoms with Crippen molar-refractivity contribution in [2.75, 3.05) is 6.54 Å². The Morgan fingerprint density at radius 3 is 2.48 bits per heavy atom. The lowest BCUT2D eigenvalue weighted by atomic mass is 9.89. The molecule has 130 valence electrons. The summed E-state index contributed by atoms with van der Waals surface area (Å²) in [4.78, 5) is 15.7. The number of benzene rings is 2. The quantitative estimate of drug-likeness (QED) is 0.671. The summed E-state index contributed by atoms with van der Waals surface area (Å²) in [6, 6.07) is 16.0. The first kappa shape index (κ1) is 17.6. The van der Waals surface area contributed by atoms with Crippen LogP contribution < -0.4 is 5.32 Å². The van der Waals surface area contributed by atoms with Crippen LogP contribution in [0.3, 0.4) is 0 Å². The van der Waals surface area contributed by atoms with Gasteiger partial charge in [0.2, 0.25) is 5.91 Å². The van der Waals surface area contributed by atoms with Gasteiger partial charge >= 0.3 is 0 Å². The molecule has 25 heavy (non-hydrogen) atoms. The first-order valence-corrected chi connectivity index (χ1v) is 8.84. The van der Waals surface area contributed by atoms with E-state index in [9.17, 15) is 4.79 Å². The molecule has 1 atom stereocenters. The highest BCUT2D eigenvalue weighted by atomic mass is 35.5. The van der Waals surface area contributed by atoms with E-state index in [0.29, 0.717) is 11.6 Å². The number of hydrogen-bond donors (Lipinski definition) is 2. The summed E-state index contributed by atoms with van der Waals surface area (Å²) in [5.41, 5.74) is 2.81. The van der Waals surface area contributed by atoms with Crippen molar-refractivity contribution in [1.82, 2.24) is 10.3 Å². The van der Waals surface area contributed by atoms with Gasteiger partial charge in [-0.1, -0.05) is 68.8 Å². The van der Waals surface area contributed by atoms with Gasteiger partial charge in [0.15, 0.2) is 0 Å². The van der Waals surface area contributed by atoms with Crippen molar-refractivity contribution >= 4 is 28.4 Å². The standard InChI is InChI=1S/C21H23ClN2O/c1-21(2,3)20(25)24-13-16(14-8-4-6-10-18(14)22)17-12-23-19-11-7-5-9-15(17)19/h4-12,16,23H,13H2,1-3H3,(H,24,25). The normalized spacial score (nSPS) is 13.0. The summed E-state index contributed by atoms with van der Waals surface area (Å²) in [5, 5.41) is 4.95. The number of rotatable bonds is 4. The van der Waals surface area contributed by atoms with Gasteiger partial charge in [-0.3, -0.25) is 4.79 Å². The van der Waals surface area contributed by atoms with Gasteiger partial charge in [-0.05, 0) is 23.3 Å². The molecule has 0 aliphatic carbocycles. The molecule has 1 unspecified atom stereocenters. The number of nitrogens with one attached hydrogen (secondary N) is 2. The zero-order valence-electron chi connectivity index (χ0n) is 14.8. The highest BCUT2D eigenvalue weighted by Crippen LogP contribution is 2.34. The molecule has 0 saturated carbocycles. The van der Waals surface area contributed by atoms with E-state index < -0.39 is 5.41 Å². The van der Waals surface area contributed by atoms with Crippen LogP contribution in [-0.2, 0) is 4.79 Å². The van der Waals surface area contributed by atoms with Crippen LogP contribution in [-0.4, -0.2) is 17.4 Å². The third kappa shape index (κ3) is 3.72. The molecule has 0 bridgehead atoms. The van der Waals surface area contributed by atoms with E-state index in [-0.39, 0.29) is 11.8 Å². The molecule has 1 amide bonds. The molecule has 2 N–H and O–H groups in total. The van der Waals surface area contributed by atoms with E-state index in [4.69, 9.17) is 11.6 Å². The Hall–Kier alpha value is -2.26. The molecule has 0 aliphatic heterocycles. The number of halogens is 1. The molecular formula is C21H23ClN2O. The number of carbonyl (C=O) groups excluding carboxylic acids is 1. The lowest BCUT2D eigenvalue weighted by Crippen LogP contribution is -2.37. The summed E-state index contributed by atoms with van der Waals surface area (Å²) in [5.74, 6) is 0.0144. The summed E-state index contributed by atoms with van der Waals surface area (Å²) in [6.07, 6.45) is 2.02. The summed E-state index contributed by atoms with van der Waals surface area (Å²) >= 11 is 6.47. The Labute approximate surface area is 153 Å². The Morgan fingerprint density at radius 1 is 1.08 bits per heavy atom. The molecule has 1 heterocycles. The van der Waals surface area contributed by atoms with Gasteiger partial charge in [0, 0.05) is 40.0 Å². The molecule has 3 rings (SSSR count). The maximum absolute atomic E-state index is 12.4. The minimum Gasteiger partial charge on any atom is -0.361 e. The molecule has 0 radical (unpaired) electrons. The number of fused-ring (bicyclic) bond motifs is 1. The number of para-hydroxylation sites is 1. The number of amides is 1. The van der Waals surface area contributed by atoms with Gasteiger partial charge in [0.25, 0.3) is 0 Å². The smallest absolute Gasteiger partial charge is 0.225 e. The number of H-pyrrole nitrogens is 1. The second-order valence-electron chi connectivity index (χ2n) is 7.32. The molecule has 2 aromatic carbocycles. The molecule has 3 nitrogen and oxygen atoms in total. The lowest BCUT2D eigenvalue weighted by molar-refractivity contribution is -0.128. The fourth-order valence-electron chi connectivity index (χ4n) is 2.99. The SMILES string of the molecule is CC(C)(C)C(=O)NCC(c1ccccc1Cl)c1c[nH]c2ccccc12. The van der Waals surface area contributed by atoms with E-state index in [1.54, 1.807) is 0 Å². The average Bonchev–Trinajstić information content (AvgIpc) is 2.99. The lowest BCUT2D eigenvalue weighted by Gasteiger charge is -2.23. The van der Waals surface area contributed by atoms with Crippen molar-refractivity contribution in [1.29, 1.82) is 0 Å². The number of carbonyl (C=O) groups is 1. The summed E-state index contributed by atoms with van der Waals surface area (Å²) in [7, 11) is 0. The van der Waals surface area contributed by atoms with Gasteiger partial charge in [0.1, 0.15) is 0 Å². The third-order valence-electron chi connectivity index (χ3n) is 4.43. The van der Waals surface area contributed by atoms with Crippen LogP contribution >= 0.6 is 11.6 Å². The second-order valence-corrected chi connectivity index (χ2v) is 7.73. The van der Waals surface area contributed by atoms with E-state index in [0.717, 1.165) is 22.0 Å². The van der Waals surface area contributed by atoms with Gasteiger partial charge in [-0.15, -0.1) is 0 Å². The average molecular weight is 355 g/mol. The zero-order chi connectivity index (χ0) is 18.0. The van der Waals surface area contributed by atoms with E-state index in [1.165, 1.54) is 0 Å².